The molecule has 1 unspecified atom stereocenters. The largest absolute Gasteiger partial charge is 0.492 e. The molecule has 6 heteroatoms. The molecule has 1 saturated carbocycles. The van der Waals surface area contributed by atoms with Crippen LogP contribution < -0.4 is 15.4 Å². The molecule has 172 valence electrons. The molecule has 34 heavy (non-hydrogen) atoms. The van der Waals surface area contributed by atoms with E-state index in [1.165, 1.54) is 4.88 Å². The standard InChI is InChI=1S/C28H27N3O2S/c1-18-6-7-21(33-17-20-8-12-29-20)16-23(18)27(32)31-28(9-10-28)24-14-19(26-5-3-13-34-26)15-25-22(24)4-2-11-30-25/h2-7,11,13-16,20,29H,8-10,12,17H2,1H3,(H,31,32). The first-order valence-electron chi connectivity index (χ1n) is 11.8. The quantitative estimate of drug-likeness (QED) is 0.379. The number of rotatable bonds is 7. The minimum absolute atomic E-state index is 0.0548. The Bertz CT molecular complexity index is 1360. The summed E-state index contributed by atoms with van der Waals surface area (Å²) in [6, 6.07) is 18.8. The van der Waals surface area contributed by atoms with Crippen LogP contribution in [-0.2, 0) is 5.54 Å². The summed E-state index contributed by atoms with van der Waals surface area (Å²) in [5, 5.41) is 9.92. The highest BCUT2D eigenvalue weighted by atomic mass is 32.1. The van der Waals surface area contributed by atoms with Crippen LogP contribution in [0.15, 0.2) is 66.2 Å². The number of carbonyl (C=O) groups is 1. The Morgan fingerprint density at radius 3 is 2.82 bits per heavy atom. The normalized spacial score (nSPS) is 18.3. The molecule has 1 atom stereocenters. The van der Waals surface area contributed by atoms with E-state index in [1.54, 1.807) is 11.3 Å². The third-order valence-electron chi connectivity index (χ3n) is 6.98. The maximum absolute atomic E-state index is 13.5. The zero-order valence-corrected chi connectivity index (χ0v) is 20.0. The van der Waals surface area contributed by atoms with Crippen LogP contribution in [0.3, 0.4) is 0 Å². The topological polar surface area (TPSA) is 63.2 Å². The number of nitrogens with one attached hydrogen (secondary N) is 2. The summed E-state index contributed by atoms with van der Waals surface area (Å²) >= 11 is 1.72. The Labute approximate surface area is 203 Å². The van der Waals surface area contributed by atoms with E-state index in [9.17, 15) is 4.79 Å². The molecule has 1 saturated heterocycles. The number of fused-ring (bicyclic) bond motifs is 1. The van der Waals surface area contributed by atoms with Gasteiger partial charge in [-0.25, -0.2) is 0 Å². The molecule has 4 aromatic rings. The number of thiophene rings is 1. The molecule has 5 nitrogen and oxygen atoms in total. The molecular formula is C28H27N3O2S. The number of pyridine rings is 1. The second-order valence-electron chi connectivity index (χ2n) is 9.33. The van der Waals surface area contributed by atoms with E-state index < -0.39 is 0 Å². The lowest BCUT2D eigenvalue weighted by atomic mass is 9.95. The van der Waals surface area contributed by atoms with Gasteiger partial charge < -0.3 is 15.4 Å². The molecule has 1 aliphatic carbocycles. The third-order valence-corrected chi connectivity index (χ3v) is 7.89. The van der Waals surface area contributed by atoms with Crippen molar-refractivity contribution in [3.8, 4) is 16.2 Å². The smallest absolute Gasteiger partial charge is 0.252 e. The van der Waals surface area contributed by atoms with E-state index in [0.717, 1.165) is 59.2 Å². The molecule has 2 aliphatic rings. The highest BCUT2D eigenvalue weighted by Gasteiger charge is 2.47. The van der Waals surface area contributed by atoms with Gasteiger partial charge in [0.1, 0.15) is 12.4 Å². The van der Waals surface area contributed by atoms with E-state index >= 15 is 0 Å². The number of carbonyl (C=O) groups excluding carboxylic acids is 1. The first-order valence-corrected chi connectivity index (χ1v) is 12.7. The molecule has 1 aliphatic heterocycles. The van der Waals surface area contributed by atoms with Crippen LogP contribution in [0.5, 0.6) is 5.75 Å². The lowest BCUT2D eigenvalue weighted by Crippen LogP contribution is -2.46. The first-order chi connectivity index (χ1) is 16.6. The highest BCUT2D eigenvalue weighted by molar-refractivity contribution is 7.13. The summed E-state index contributed by atoms with van der Waals surface area (Å²) in [4.78, 5) is 19.3. The number of nitrogens with zero attached hydrogens (tertiary/aromatic N) is 1. The van der Waals surface area contributed by atoms with Crippen molar-refractivity contribution in [2.45, 2.75) is 37.8 Å². The van der Waals surface area contributed by atoms with Crippen LogP contribution in [0, 0.1) is 6.92 Å². The van der Waals surface area contributed by atoms with E-state index in [1.807, 2.05) is 37.4 Å². The minimum atomic E-state index is -0.370. The molecule has 0 radical (unpaired) electrons. The van der Waals surface area contributed by atoms with Crippen LogP contribution >= 0.6 is 11.3 Å². The predicted molar refractivity (Wildman–Crippen MR) is 137 cm³/mol. The fourth-order valence-corrected chi connectivity index (χ4v) is 5.37. The fraction of sp³-hybridized carbons (Fsp3) is 0.286. The van der Waals surface area contributed by atoms with E-state index in [4.69, 9.17) is 4.74 Å². The van der Waals surface area contributed by atoms with Crippen LogP contribution in [0.1, 0.15) is 40.7 Å². The van der Waals surface area contributed by atoms with Crippen molar-refractivity contribution in [2.24, 2.45) is 0 Å². The van der Waals surface area contributed by atoms with Crippen molar-refractivity contribution in [1.82, 2.24) is 15.6 Å². The monoisotopic (exact) mass is 469 g/mol. The van der Waals surface area contributed by atoms with E-state index in [0.29, 0.717) is 18.2 Å². The molecule has 1 amide bonds. The Morgan fingerprint density at radius 1 is 1.21 bits per heavy atom. The maximum Gasteiger partial charge on any atom is 0.252 e. The number of hydrogen-bond donors (Lipinski definition) is 2. The van der Waals surface area contributed by atoms with Crippen molar-refractivity contribution < 1.29 is 9.53 Å². The summed E-state index contributed by atoms with van der Waals surface area (Å²) in [7, 11) is 0. The Morgan fingerprint density at radius 2 is 2.09 bits per heavy atom. The SMILES string of the molecule is Cc1ccc(OCC2CCN2)cc1C(=O)NC1(c2cc(-c3cccs3)cc3ncccc23)CC1. The zero-order chi connectivity index (χ0) is 23.1. The molecule has 2 aromatic heterocycles. The van der Waals surface area contributed by atoms with Crippen molar-refractivity contribution >= 4 is 28.1 Å². The number of aryl methyl sites for hydroxylation is 1. The fourth-order valence-electron chi connectivity index (χ4n) is 4.66. The summed E-state index contributed by atoms with van der Waals surface area (Å²) in [5.41, 5.74) is 4.50. The lowest BCUT2D eigenvalue weighted by Gasteiger charge is -2.27. The second kappa shape index (κ2) is 8.53. The van der Waals surface area contributed by atoms with Gasteiger partial charge in [-0.2, -0.15) is 0 Å². The van der Waals surface area contributed by atoms with Gasteiger partial charge in [0.05, 0.1) is 11.1 Å². The first kappa shape index (κ1) is 21.3. The Kier molecular flexibility index (Phi) is 5.35. The average Bonchev–Trinajstić information content (AvgIpc) is 3.37. The van der Waals surface area contributed by atoms with E-state index in [-0.39, 0.29) is 11.4 Å². The molecular weight excluding hydrogens is 442 g/mol. The van der Waals surface area contributed by atoms with Crippen LogP contribution in [0.2, 0.25) is 0 Å². The molecule has 2 aromatic carbocycles. The molecule has 0 spiro atoms. The van der Waals surface area contributed by atoms with Gasteiger partial charge in [-0.3, -0.25) is 9.78 Å². The number of ether oxygens (including phenoxy) is 1. The van der Waals surface area contributed by atoms with Crippen molar-refractivity contribution in [1.29, 1.82) is 0 Å². The summed E-state index contributed by atoms with van der Waals surface area (Å²) in [6.07, 6.45) is 4.80. The number of amides is 1. The third kappa shape index (κ3) is 3.97. The van der Waals surface area contributed by atoms with Gasteiger partial charge >= 0.3 is 0 Å². The zero-order valence-electron chi connectivity index (χ0n) is 19.1. The molecule has 3 heterocycles. The maximum atomic E-state index is 13.5. The lowest BCUT2D eigenvalue weighted by molar-refractivity contribution is 0.0930. The summed E-state index contributed by atoms with van der Waals surface area (Å²) < 4.78 is 5.95. The Hall–Kier alpha value is -3.22. The predicted octanol–water partition coefficient (Wildman–Crippen LogP) is 5.43. The minimum Gasteiger partial charge on any atom is -0.492 e. The van der Waals surface area contributed by atoms with Gasteiger partial charge in [0.2, 0.25) is 0 Å². The van der Waals surface area contributed by atoms with Gasteiger partial charge in [-0.1, -0.05) is 18.2 Å². The van der Waals surface area contributed by atoms with Crippen LogP contribution in [-0.4, -0.2) is 30.1 Å². The number of hydrogen-bond acceptors (Lipinski definition) is 5. The van der Waals surface area contributed by atoms with Gasteiger partial charge in [0.15, 0.2) is 0 Å². The summed E-state index contributed by atoms with van der Waals surface area (Å²) in [5.74, 6) is 0.685. The van der Waals surface area contributed by atoms with Crippen molar-refractivity contribution in [2.75, 3.05) is 13.2 Å². The molecule has 2 N–H and O–H groups in total. The number of aromatic nitrogens is 1. The van der Waals surface area contributed by atoms with Crippen LogP contribution in [0.25, 0.3) is 21.3 Å². The second-order valence-corrected chi connectivity index (χ2v) is 10.3. The molecule has 2 fully saturated rings. The molecule has 0 bridgehead atoms. The Balaban J connectivity index is 1.31. The molecule has 6 rings (SSSR count). The van der Waals surface area contributed by atoms with Gasteiger partial charge in [-0.15, -0.1) is 11.3 Å². The average molecular weight is 470 g/mol. The van der Waals surface area contributed by atoms with Crippen molar-refractivity contribution in [3.05, 3.63) is 82.9 Å². The van der Waals surface area contributed by atoms with E-state index in [2.05, 4.69) is 51.3 Å². The summed E-state index contributed by atoms with van der Waals surface area (Å²) in [6.45, 7) is 3.65. The number of benzene rings is 2. The van der Waals surface area contributed by atoms with Gasteiger partial charge in [-0.05, 0) is 91.2 Å². The van der Waals surface area contributed by atoms with Crippen molar-refractivity contribution in [3.63, 3.8) is 0 Å². The van der Waals surface area contributed by atoms with Gasteiger partial charge in [0.25, 0.3) is 5.91 Å². The van der Waals surface area contributed by atoms with Gasteiger partial charge in [0, 0.05) is 28.1 Å². The van der Waals surface area contributed by atoms with Crippen LogP contribution in [0.4, 0.5) is 0 Å². The highest BCUT2D eigenvalue weighted by Crippen LogP contribution is 2.49.